The van der Waals surface area contributed by atoms with E-state index in [-0.39, 0.29) is 0 Å². The highest BCUT2D eigenvalue weighted by Gasteiger charge is 2.16. The predicted octanol–water partition coefficient (Wildman–Crippen LogP) is 4.02. The van der Waals surface area contributed by atoms with Crippen molar-refractivity contribution in [3.8, 4) is 0 Å². The van der Waals surface area contributed by atoms with E-state index in [0.717, 1.165) is 13.0 Å². The van der Waals surface area contributed by atoms with Crippen LogP contribution in [0, 0.1) is 0 Å². The molecule has 1 nitrogen and oxygen atoms in total. The Bertz CT molecular complexity index is 696. The summed E-state index contributed by atoms with van der Waals surface area (Å²) >= 11 is 1.89. The largest absolute Gasteiger partial charge is 0.384 e. The molecule has 0 fully saturated rings. The van der Waals surface area contributed by atoms with Gasteiger partial charge in [0.1, 0.15) is 0 Å². The minimum Gasteiger partial charge on any atom is -0.384 e. The molecule has 2 aromatic carbocycles. The molecule has 0 bridgehead atoms. The maximum Gasteiger partial charge on any atom is 0.0468 e. The van der Waals surface area contributed by atoms with Gasteiger partial charge in [-0.3, -0.25) is 0 Å². The zero-order valence-corrected chi connectivity index (χ0v) is 9.60. The lowest BCUT2D eigenvalue weighted by Crippen LogP contribution is -1.91. The molecule has 4 rings (SSSR count). The van der Waals surface area contributed by atoms with E-state index in [1.807, 2.05) is 11.3 Å². The maximum absolute atomic E-state index is 3.53. The number of hydrogen-bond donors (Lipinski definition) is 1. The molecule has 0 amide bonds. The Morgan fingerprint density at radius 1 is 1.00 bits per heavy atom. The smallest absolute Gasteiger partial charge is 0.0468 e. The molecule has 0 saturated carbocycles. The molecular weight excluding hydrogens is 214 g/mol. The van der Waals surface area contributed by atoms with E-state index in [4.69, 9.17) is 0 Å². The monoisotopic (exact) mass is 225 g/mol. The van der Waals surface area contributed by atoms with Gasteiger partial charge in [-0.25, -0.2) is 0 Å². The first-order valence-corrected chi connectivity index (χ1v) is 6.42. The van der Waals surface area contributed by atoms with Crippen molar-refractivity contribution < 1.29 is 0 Å². The first-order chi connectivity index (χ1) is 7.93. The third-order valence-electron chi connectivity index (χ3n) is 3.33. The summed E-state index contributed by atoms with van der Waals surface area (Å²) in [6, 6.07) is 13.2. The van der Waals surface area contributed by atoms with Crippen LogP contribution in [-0.2, 0) is 6.42 Å². The fraction of sp³-hybridized carbons (Fsp3) is 0.143. The molecule has 2 heteroatoms. The molecule has 1 aliphatic heterocycles. The molecule has 0 atom stereocenters. The Labute approximate surface area is 97.7 Å². The van der Waals surface area contributed by atoms with Crippen LogP contribution in [0.1, 0.15) is 5.56 Å². The van der Waals surface area contributed by atoms with Crippen LogP contribution in [0.5, 0.6) is 0 Å². The number of fused-ring (bicyclic) bond motifs is 5. The van der Waals surface area contributed by atoms with E-state index in [2.05, 4.69) is 41.7 Å². The predicted molar refractivity (Wildman–Crippen MR) is 71.5 cm³/mol. The van der Waals surface area contributed by atoms with Gasteiger partial charge in [-0.1, -0.05) is 24.3 Å². The summed E-state index contributed by atoms with van der Waals surface area (Å²) < 4.78 is 2.79. The first kappa shape index (κ1) is 8.59. The molecule has 0 aliphatic carbocycles. The molecule has 0 unspecified atom stereocenters. The van der Waals surface area contributed by atoms with Crippen LogP contribution in [0.15, 0.2) is 36.4 Å². The molecule has 1 aliphatic rings. The Morgan fingerprint density at radius 2 is 1.94 bits per heavy atom. The molecule has 3 aromatic rings. The summed E-state index contributed by atoms with van der Waals surface area (Å²) in [5, 5.41) is 6.35. The topological polar surface area (TPSA) is 12.0 Å². The van der Waals surface area contributed by atoms with Crippen LogP contribution in [0.2, 0.25) is 0 Å². The van der Waals surface area contributed by atoms with Gasteiger partial charge in [0.15, 0.2) is 0 Å². The summed E-state index contributed by atoms with van der Waals surface area (Å²) in [6.07, 6.45) is 1.16. The SMILES string of the molecule is c1ccc2c(c1)sc1ccc3c(c12)NCC3. The Morgan fingerprint density at radius 3 is 2.94 bits per heavy atom. The van der Waals surface area contributed by atoms with Gasteiger partial charge in [-0.2, -0.15) is 0 Å². The van der Waals surface area contributed by atoms with E-state index >= 15 is 0 Å². The van der Waals surface area contributed by atoms with Gasteiger partial charge in [0.05, 0.1) is 0 Å². The van der Waals surface area contributed by atoms with E-state index in [1.165, 1.54) is 31.4 Å². The van der Waals surface area contributed by atoms with Gasteiger partial charge in [-0.05, 0) is 24.1 Å². The van der Waals surface area contributed by atoms with Crippen molar-refractivity contribution >= 4 is 37.2 Å². The normalized spacial score (nSPS) is 14.2. The number of hydrogen-bond acceptors (Lipinski definition) is 2. The van der Waals surface area contributed by atoms with E-state index in [9.17, 15) is 0 Å². The molecule has 1 N–H and O–H groups in total. The van der Waals surface area contributed by atoms with Gasteiger partial charge in [-0.15, -0.1) is 11.3 Å². The molecule has 2 heterocycles. The lowest BCUT2D eigenvalue weighted by atomic mass is 10.1. The van der Waals surface area contributed by atoms with Crippen molar-refractivity contribution in [2.45, 2.75) is 6.42 Å². The number of thiophene rings is 1. The summed E-state index contributed by atoms with van der Waals surface area (Å²) in [7, 11) is 0. The number of anilines is 1. The summed E-state index contributed by atoms with van der Waals surface area (Å²) in [5.41, 5.74) is 2.84. The second-order valence-electron chi connectivity index (χ2n) is 4.25. The molecule has 0 spiro atoms. The van der Waals surface area contributed by atoms with Crippen molar-refractivity contribution in [1.82, 2.24) is 0 Å². The Balaban J connectivity index is 2.27. The molecular formula is C14H11NS. The van der Waals surface area contributed by atoms with Crippen LogP contribution in [0.4, 0.5) is 5.69 Å². The standard InChI is InChI=1S/C14H11NS/c1-2-4-11-10(3-1)13-12(16-11)6-5-9-7-8-15-14(9)13/h1-6,15H,7-8H2. The van der Waals surface area contributed by atoms with Crippen LogP contribution in [0.25, 0.3) is 20.2 Å². The van der Waals surface area contributed by atoms with E-state index in [0.29, 0.717) is 0 Å². The van der Waals surface area contributed by atoms with Crippen molar-refractivity contribution in [2.75, 3.05) is 11.9 Å². The average Bonchev–Trinajstić information content (AvgIpc) is 2.91. The number of benzene rings is 2. The lowest BCUT2D eigenvalue weighted by molar-refractivity contribution is 1.11. The van der Waals surface area contributed by atoms with Crippen LogP contribution < -0.4 is 5.32 Å². The second-order valence-corrected chi connectivity index (χ2v) is 5.33. The van der Waals surface area contributed by atoms with E-state index < -0.39 is 0 Å². The van der Waals surface area contributed by atoms with Crippen molar-refractivity contribution in [3.05, 3.63) is 42.0 Å². The lowest BCUT2D eigenvalue weighted by Gasteiger charge is -2.02. The highest BCUT2D eigenvalue weighted by molar-refractivity contribution is 7.25. The van der Waals surface area contributed by atoms with E-state index in [1.54, 1.807) is 0 Å². The molecule has 0 saturated heterocycles. The zero-order chi connectivity index (χ0) is 10.5. The summed E-state index contributed by atoms with van der Waals surface area (Å²) in [5.74, 6) is 0. The quantitative estimate of drug-likeness (QED) is 0.609. The summed E-state index contributed by atoms with van der Waals surface area (Å²) in [4.78, 5) is 0. The van der Waals surface area contributed by atoms with Crippen molar-refractivity contribution in [1.29, 1.82) is 0 Å². The highest BCUT2D eigenvalue weighted by atomic mass is 32.1. The number of nitrogens with one attached hydrogen (secondary N) is 1. The highest BCUT2D eigenvalue weighted by Crippen LogP contribution is 2.41. The van der Waals surface area contributed by atoms with Crippen LogP contribution in [0.3, 0.4) is 0 Å². The van der Waals surface area contributed by atoms with Gasteiger partial charge in [0.2, 0.25) is 0 Å². The van der Waals surface area contributed by atoms with Crippen LogP contribution >= 0.6 is 11.3 Å². The number of rotatable bonds is 0. The molecule has 78 valence electrons. The first-order valence-electron chi connectivity index (χ1n) is 5.60. The van der Waals surface area contributed by atoms with Crippen LogP contribution in [-0.4, -0.2) is 6.54 Å². The van der Waals surface area contributed by atoms with Gasteiger partial charge < -0.3 is 5.32 Å². The fourth-order valence-corrected chi connectivity index (χ4v) is 3.71. The van der Waals surface area contributed by atoms with Gasteiger partial charge >= 0.3 is 0 Å². The average molecular weight is 225 g/mol. The maximum atomic E-state index is 3.53. The second kappa shape index (κ2) is 2.98. The zero-order valence-electron chi connectivity index (χ0n) is 8.79. The third kappa shape index (κ3) is 1.000. The minimum absolute atomic E-state index is 1.08. The Kier molecular flexibility index (Phi) is 1.60. The molecule has 0 radical (unpaired) electrons. The summed E-state index contributed by atoms with van der Waals surface area (Å²) in [6.45, 7) is 1.08. The Hall–Kier alpha value is -1.54. The fourth-order valence-electron chi connectivity index (χ4n) is 2.59. The van der Waals surface area contributed by atoms with Crippen molar-refractivity contribution in [3.63, 3.8) is 0 Å². The minimum atomic E-state index is 1.08. The van der Waals surface area contributed by atoms with Crippen molar-refractivity contribution in [2.24, 2.45) is 0 Å². The molecule has 16 heavy (non-hydrogen) atoms. The van der Waals surface area contributed by atoms with Gasteiger partial charge in [0, 0.05) is 32.4 Å². The van der Waals surface area contributed by atoms with Gasteiger partial charge in [0.25, 0.3) is 0 Å². The molecule has 1 aromatic heterocycles. The third-order valence-corrected chi connectivity index (χ3v) is 4.46.